The third-order valence-corrected chi connectivity index (χ3v) is 4.16. The third kappa shape index (κ3) is 3.32. The summed E-state index contributed by atoms with van der Waals surface area (Å²) in [5.74, 6) is 1.71. The molecular weight excluding hydrogens is 207 g/mol. The monoisotopic (exact) mass is 224 g/mol. The Bertz CT molecular complexity index is 154. The van der Waals surface area contributed by atoms with Crippen molar-refractivity contribution in [1.29, 1.82) is 0 Å². The van der Waals surface area contributed by atoms with Crippen LogP contribution < -0.4 is 0 Å². The van der Waals surface area contributed by atoms with Crippen molar-refractivity contribution < 1.29 is 4.39 Å². The lowest BCUT2D eigenvalue weighted by atomic mass is 9.80. The molecule has 78 valence electrons. The van der Waals surface area contributed by atoms with Gasteiger partial charge in [0.25, 0.3) is 0 Å². The van der Waals surface area contributed by atoms with Gasteiger partial charge < -0.3 is 0 Å². The zero-order chi connectivity index (χ0) is 9.84. The van der Waals surface area contributed by atoms with Gasteiger partial charge in [-0.1, -0.05) is 6.92 Å². The predicted molar refractivity (Wildman–Crippen MR) is 59.4 cm³/mol. The van der Waals surface area contributed by atoms with Gasteiger partial charge in [-0.05, 0) is 43.1 Å². The fourth-order valence-electron chi connectivity index (χ4n) is 2.09. The summed E-state index contributed by atoms with van der Waals surface area (Å²) in [5.41, 5.74) is 0. The number of thioether (sulfide) groups is 1. The van der Waals surface area contributed by atoms with Crippen LogP contribution in [0, 0.1) is 11.8 Å². The minimum atomic E-state index is -0.614. The van der Waals surface area contributed by atoms with E-state index >= 15 is 0 Å². The van der Waals surface area contributed by atoms with Crippen molar-refractivity contribution >= 4 is 23.4 Å². The van der Waals surface area contributed by atoms with E-state index in [-0.39, 0.29) is 11.3 Å². The van der Waals surface area contributed by atoms with Crippen LogP contribution in [0.15, 0.2) is 0 Å². The fourth-order valence-corrected chi connectivity index (χ4v) is 3.19. The van der Waals surface area contributed by atoms with Gasteiger partial charge in [0.1, 0.15) is 6.17 Å². The molecule has 0 aromatic rings. The minimum Gasteiger partial charge on any atom is -0.247 e. The van der Waals surface area contributed by atoms with Crippen molar-refractivity contribution in [3.05, 3.63) is 0 Å². The summed E-state index contributed by atoms with van der Waals surface area (Å²) in [7, 11) is 0. The van der Waals surface area contributed by atoms with Crippen molar-refractivity contribution in [1.82, 2.24) is 0 Å². The van der Waals surface area contributed by atoms with Crippen LogP contribution in [0.3, 0.4) is 0 Å². The molecular formula is C10H18ClFS. The normalized spacial score (nSPS) is 37.4. The van der Waals surface area contributed by atoms with Gasteiger partial charge in [-0.25, -0.2) is 4.39 Å². The standard InChI is InChI=1S/C10H18ClFS/c1-7(6-13-2)9-5-8(11)3-4-10(9)12/h7-10H,3-6H2,1-2H3. The van der Waals surface area contributed by atoms with Crippen LogP contribution in [0.2, 0.25) is 0 Å². The maximum Gasteiger partial charge on any atom is 0.103 e. The molecule has 0 nitrogen and oxygen atoms in total. The molecule has 0 N–H and O–H groups in total. The number of hydrogen-bond acceptors (Lipinski definition) is 1. The van der Waals surface area contributed by atoms with Gasteiger partial charge in [0.05, 0.1) is 0 Å². The van der Waals surface area contributed by atoms with Gasteiger partial charge in [0.15, 0.2) is 0 Å². The summed E-state index contributed by atoms with van der Waals surface area (Å²) in [6, 6.07) is 0. The van der Waals surface area contributed by atoms with E-state index in [0.717, 1.165) is 18.6 Å². The Labute approximate surface area is 89.6 Å². The first-order chi connectivity index (χ1) is 6.15. The van der Waals surface area contributed by atoms with E-state index in [9.17, 15) is 4.39 Å². The number of halogens is 2. The molecule has 0 aromatic heterocycles. The first-order valence-electron chi connectivity index (χ1n) is 4.92. The molecule has 0 aliphatic heterocycles. The molecule has 1 aliphatic rings. The van der Waals surface area contributed by atoms with Gasteiger partial charge >= 0.3 is 0 Å². The quantitative estimate of drug-likeness (QED) is 0.659. The first-order valence-corrected chi connectivity index (χ1v) is 6.75. The van der Waals surface area contributed by atoms with Crippen LogP contribution in [0.4, 0.5) is 4.39 Å². The van der Waals surface area contributed by atoms with E-state index < -0.39 is 6.17 Å². The lowest BCUT2D eigenvalue weighted by Crippen LogP contribution is -2.32. The van der Waals surface area contributed by atoms with Crippen LogP contribution in [0.5, 0.6) is 0 Å². The SMILES string of the molecule is CSCC(C)C1CC(Cl)CCC1F. The van der Waals surface area contributed by atoms with E-state index in [4.69, 9.17) is 11.6 Å². The maximum absolute atomic E-state index is 13.5. The number of hydrogen-bond donors (Lipinski definition) is 0. The zero-order valence-electron chi connectivity index (χ0n) is 8.30. The Balaban J connectivity index is 2.44. The van der Waals surface area contributed by atoms with E-state index in [1.807, 2.05) is 0 Å². The van der Waals surface area contributed by atoms with Gasteiger partial charge in [-0.15, -0.1) is 11.6 Å². The topological polar surface area (TPSA) is 0 Å². The number of alkyl halides is 2. The predicted octanol–water partition coefficient (Wildman–Crippen LogP) is 3.73. The summed E-state index contributed by atoms with van der Waals surface area (Å²) >= 11 is 7.84. The zero-order valence-corrected chi connectivity index (χ0v) is 9.87. The summed E-state index contributed by atoms with van der Waals surface area (Å²) in [5, 5.41) is 0.210. The lowest BCUT2D eigenvalue weighted by molar-refractivity contribution is 0.131. The smallest absolute Gasteiger partial charge is 0.103 e. The Morgan fingerprint density at radius 1 is 1.54 bits per heavy atom. The Kier molecular flexibility index (Phi) is 4.88. The number of rotatable bonds is 3. The highest BCUT2D eigenvalue weighted by atomic mass is 35.5. The van der Waals surface area contributed by atoms with E-state index in [1.165, 1.54) is 0 Å². The first kappa shape index (κ1) is 11.6. The summed E-state index contributed by atoms with van der Waals surface area (Å²) in [6.07, 6.45) is 3.84. The second-order valence-corrected chi connectivity index (χ2v) is 5.55. The van der Waals surface area contributed by atoms with Gasteiger partial charge in [0, 0.05) is 5.38 Å². The van der Waals surface area contributed by atoms with Crippen LogP contribution in [-0.4, -0.2) is 23.6 Å². The molecule has 0 amide bonds. The molecule has 4 atom stereocenters. The third-order valence-electron chi connectivity index (χ3n) is 2.91. The van der Waals surface area contributed by atoms with Crippen LogP contribution >= 0.6 is 23.4 Å². The molecule has 1 aliphatic carbocycles. The highest BCUT2D eigenvalue weighted by Crippen LogP contribution is 2.35. The molecule has 3 heteroatoms. The second-order valence-electron chi connectivity index (χ2n) is 4.02. The average molecular weight is 225 g/mol. The highest BCUT2D eigenvalue weighted by molar-refractivity contribution is 7.98. The summed E-state index contributed by atoms with van der Waals surface area (Å²) in [4.78, 5) is 0. The van der Waals surface area contributed by atoms with E-state index in [2.05, 4.69) is 13.2 Å². The Morgan fingerprint density at radius 3 is 2.85 bits per heavy atom. The Hall–Kier alpha value is 0.570. The molecule has 0 bridgehead atoms. The van der Waals surface area contributed by atoms with Crippen LogP contribution in [0.25, 0.3) is 0 Å². The van der Waals surface area contributed by atoms with E-state index in [1.54, 1.807) is 11.8 Å². The molecule has 1 rings (SSSR count). The van der Waals surface area contributed by atoms with Crippen molar-refractivity contribution in [2.45, 2.75) is 37.7 Å². The second kappa shape index (κ2) is 5.45. The Morgan fingerprint density at radius 2 is 2.23 bits per heavy atom. The molecule has 0 radical (unpaired) electrons. The molecule has 1 saturated carbocycles. The largest absolute Gasteiger partial charge is 0.247 e. The molecule has 4 unspecified atom stereocenters. The molecule has 1 fully saturated rings. The average Bonchev–Trinajstić information content (AvgIpc) is 2.09. The van der Waals surface area contributed by atoms with Crippen molar-refractivity contribution in [3.63, 3.8) is 0 Å². The summed E-state index contributed by atoms with van der Waals surface area (Å²) < 4.78 is 13.5. The molecule has 0 spiro atoms. The lowest BCUT2D eigenvalue weighted by Gasteiger charge is -2.33. The minimum absolute atomic E-state index is 0.198. The van der Waals surface area contributed by atoms with Gasteiger partial charge in [-0.3, -0.25) is 0 Å². The van der Waals surface area contributed by atoms with Crippen molar-refractivity contribution in [2.75, 3.05) is 12.0 Å². The fraction of sp³-hybridized carbons (Fsp3) is 1.00. The highest BCUT2D eigenvalue weighted by Gasteiger charge is 2.32. The summed E-state index contributed by atoms with van der Waals surface area (Å²) in [6.45, 7) is 2.14. The maximum atomic E-state index is 13.5. The molecule has 0 saturated heterocycles. The molecule has 0 heterocycles. The molecule has 13 heavy (non-hydrogen) atoms. The molecule has 0 aromatic carbocycles. The van der Waals surface area contributed by atoms with Crippen molar-refractivity contribution in [3.8, 4) is 0 Å². The van der Waals surface area contributed by atoms with Crippen LogP contribution in [0.1, 0.15) is 26.2 Å². The van der Waals surface area contributed by atoms with Crippen molar-refractivity contribution in [2.24, 2.45) is 11.8 Å². The van der Waals surface area contributed by atoms with E-state index in [0.29, 0.717) is 12.3 Å². The van der Waals surface area contributed by atoms with Crippen LogP contribution in [-0.2, 0) is 0 Å². The van der Waals surface area contributed by atoms with Gasteiger partial charge in [-0.2, -0.15) is 11.8 Å². The van der Waals surface area contributed by atoms with Gasteiger partial charge in [0.2, 0.25) is 0 Å².